The Morgan fingerprint density at radius 2 is 1.81 bits per heavy atom. The molecule has 3 aromatic rings. The average Bonchev–Trinajstić information content (AvgIpc) is 3.26. The molecule has 36 heavy (non-hydrogen) atoms. The lowest BCUT2D eigenvalue weighted by molar-refractivity contribution is -0.143. The van der Waals surface area contributed by atoms with Gasteiger partial charge in [-0.2, -0.15) is 4.68 Å². The maximum atomic E-state index is 12.6. The smallest absolute Gasteiger partial charge is 0.321 e. The van der Waals surface area contributed by atoms with Crippen LogP contribution in [0.3, 0.4) is 0 Å². The van der Waals surface area contributed by atoms with Crippen molar-refractivity contribution in [2.24, 2.45) is 5.41 Å². The highest BCUT2D eigenvalue weighted by Gasteiger charge is 2.24. The van der Waals surface area contributed by atoms with Crippen molar-refractivity contribution in [2.45, 2.75) is 45.2 Å². The number of tetrazole rings is 1. The van der Waals surface area contributed by atoms with Crippen LogP contribution in [-0.4, -0.2) is 42.9 Å². The van der Waals surface area contributed by atoms with E-state index < -0.39 is 11.4 Å². The van der Waals surface area contributed by atoms with Crippen LogP contribution in [0.4, 0.5) is 5.69 Å². The molecule has 0 fully saturated rings. The molecule has 1 aromatic heterocycles. The maximum Gasteiger partial charge on any atom is 0.321 e. The van der Waals surface area contributed by atoms with Crippen molar-refractivity contribution >= 4 is 52.5 Å². The first-order chi connectivity index (χ1) is 16.8. The quantitative estimate of drug-likeness (QED) is 0.312. The first kappa shape index (κ1) is 27.5. The topological polar surface area (TPSA) is 110 Å². The van der Waals surface area contributed by atoms with Crippen LogP contribution in [0.2, 0.25) is 10.0 Å². The van der Waals surface area contributed by atoms with Gasteiger partial charge in [-0.3, -0.25) is 9.59 Å². The zero-order valence-electron chi connectivity index (χ0n) is 20.4. The number of aliphatic carboxylic acids is 1. The number of rotatable bonds is 6. The van der Waals surface area contributed by atoms with E-state index in [1.165, 1.54) is 18.5 Å². The molecule has 1 heterocycles. The van der Waals surface area contributed by atoms with Crippen molar-refractivity contribution in [1.29, 1.82) is 0 Å². The van der Waals surface area contributed by atoms with Crippen molar-refractivity contribution in [3.05, 3.63) is 57.6 Å². The van der Waals surface area contributed by atoms with Gasteiger partial charge in [0.1, 0.15) is 5.41 Å². The molecule has 1 amide bonds. The highest BCUT2D eigenvalue weighted by molar-refractivity contribution is 7.99. The normalized spacial score (nSPS) is 11.5. The second-order valence-electron chi connectivity index (χ2n) is 9.50. The van der Waals surface area contributed by atoms with E-state index in [0.29, 0.717) is 27.1 Å². The number of benzene rings is 2. The van der Waals surface area contributed by atoms with Gasteiger partial charge < -0.3 is 10.4 Å². The van der Waals surface area contributed by atoms with Crippen LogP contribution in [0.25, 0.3) is 5.69 Å². The van der Waals surface area contributed by atoms with E-state index in [2.05, 4.69) is 53.5 Å². The van der Waals surface area contributed by atoms with Gasteiger partial charge in [0.2, 0.25) is 11.1 Å². The van der Waals surface area contributed by atoms with Gasteiger partial charge in [-0.25, -0.2) is 0 Å². The molecule has 0 saturated heterocycles. The minimum atomic E-state index is -1.19. The first-order valence-electron chi connectivity index (χ1n) is 10.9. The zero-order valence-corrected chi connectivity index (χ0v) is 22.7. The Bertz CT molecular complexity index is 1370. The van der Waals surface area contributed by atoms with Crippen molar-refractivity contribution in [2.75, 3.05) is 11.1 Å². The summed E-state index contributed by atoms with van der Waals surface area (Å²) >= 11 is 13.9. The summed E-state index contributed by atoms with van der Waals surface area (Å²) in [5.41, 5.74) is 1.36. The molecule has 0 radical (unpaired) electrons. The van der Waals surface area contributed by atoms with Gasteiger partial charge in [0.25, 0.3) is 0 Å². The Morgan fingerprint density at radius 1 is 1.08 bits per heavy atom. The number of thioether (sulfide) groups is 1. The number of carbonyl (C=O) groups excluding carboxylic acids is 1. The monoisotopic (exact) mass is 545 g/mol. The number of amides is 1. The predicted octanol–water partition coefficient (Wildman–Crippen LogP) is 5.46. The predicted molar refractivity (Wildman–Crippen MR) is 142 cm³/mol. The molecule has 0 atom stereocenters. The lowest BCUT2D eigenvalue weighted by Gasteiger charge is -2.20. The molecule has 11 heteroatoms. The van der Waals surface area contributed by atoms with Crippen molar-refractivity contribution in [1.82, 2.24) is 20.2 Å². The van der Waals surface area contributed by atoms with Crippen LogP contribution in [0.5, 0.6) is 0 Å². The van der Waals surface area contributed by atoms with Crippen molar-refractivity contribution in [3.8, 4) is 17.5 Å². The van der Waals surface area contributed by atoms with Gasteiger partial charge in [0, 0.05) is 5.56 Å². The van der Waals surface area contributed by atoms with Crippen LogP contribution >= 0.6 is 35.0 Å². The molecule has 0 aliphatic heterocycles. The third kappa shape index (κ3) is 6.78. The third-order valence-corrected chi connectivity index (χ3v) is 6.66. The molecule has 3 rings (SSSR count). The molecule has 2 aromatic carbocycles. The summed E-state index contributed by atoms with van der Waals surface area (Å²) in [6.45, 7) is 9.32. The fourth-order valence-corrected chi connectivity index (χ4v) is 3.96. The van der Waals surface area contributed by atoms with Crippen LogP contribution in [0, 0.1) is 17.3 Å². The number of carboxylic acids is 1. The molecule has 0 spiro atoms. The molecule has 0 saturated carbocycles. The summed E-state index contributed by atoms with van der Waals surface area (Å²) in [5.74, 6) is 4.21. The average molecular weight is 546 g/mol. The Balaban J connectivity index is 1.69. The summed E-state index contributed by atoms with van der Waals surface area (Å²) < 4.78 is 1.51. The summed E-state index contributed by atoms with van der Waals surface area (Å²) in [6, 6.07) is 10.5. The number of aromatic nitrogens is 4. The highest BCUT2D eigenvalue weighted by Crippen LogP contribution is 2.30. The lowest BCUT2D eigenvalue weighted by Crippen LogP contribution is -2.21. The lowest BCUT2D eigenvalue weighted by atomic mass is 9.87. The van der Waals surface area contributed by atoms with E-state index in [0.717, 1.165) is 17.3 Å². The summed E-state index contributed by atoms with van der Waals surface area (Å²) in [6.07, 6.45) is 0. The summed E-state index contributed by atoms with van der Waals surface area (Å²) in [5, 5.41) is 24.9. The standard InChI is InChI=1S/C25H25Cl2N5O3S/c1-24(2,3)16-7-8-17(26)20(13-16)32-23(29-30-31-32)36-14-21(33)28-19-9-6-15(12-18(19)27)10-11-25(4,5)22(34)35/h6-9,12-13H,14H2,1-5H3,(H,28,33)(H,34,35). The molecule has 2 N–H and O–H groups in total. The number of halogens is 2. The van der Waals surface area contributed by atoms with Crippen LogP contribution in [-0.2, 0) is 15.0 Å². The van der Waals surface area contributed by atoms with E-state index in [1.807, 2.05) is 12.1 Å². The number of hydrogen-bond acceptors (Lipinski definition) is 6. The minimum absolute atomic E-state index is 0.0294. The Morgan fingerprint density at radius 3 is 2.44 bits per heavy atom. The number of nitrogens with zero attached hydrogens (tertiary/aromatic N) is 4. The van der Waals surface area contributed by atoms with Crippen molar-refractivity contribution < 1.29 is 14.7 Å². The third-order valence-electron chi connectivity index (χ3n) is 5.11. The second kappa shape index (κ2) is 10.9. The van der Waals surface area contributed by atoms with Gasteiger partial charge in [0.05, 0.1) is 27.2 Å². The van der Waals surface area contributed by atoms with Crippen molar-refractivity contribution in [3.63, 3.8) is 0 Å². The van der Waals surface area contributed by atoms with Crippen LogP contribution < -0.4 is 5.32 Å². The molecular weight excluding hydrogens is 521 g/mol. The molecule has 0 aliphatic rings. The minimum Gasteiger partial charge on any atom is -0.480 e. The van der Waals surface area contributed by atoms with E-state index in [1.54, 1.807) is 24.3 Å². The molecule has 8 nitrogen and oxygen atoms in total. The second-order valence-corrected chi connectivity index (χ2v) is 11.3. The Labute approximate surface area is 223 Å². The van der Waals surface area contributed by atoms with Crippen LogP contribution in [0.1, 0.15) is 45.7 Å². The summed E-state index contributed by atoms with van der Waals surface area (Å²) in [7, 11) is 0. The molecular formula is C25H25Cl2N5O3S. The number of carbonyl (C=O) groups is 2. The fourth-order valence-electron chi connectivity index (χ4n) is 2.85. The maximum absolute atomic E-state index is 12.6. The molecule has 0 unspecified atom stereocenters. The van der Waals surface area contributed by atoms with E-state index >= 15 is 0 Å². The Kier molecular flexibility index (Phi) is 8.34. The van der Waals surface area contributed by atoms with Gasteiger partial charge in [0.15, 0.2) is 0 Å². The van der Waals surface area contributed by atoms with Gasteiger partial charge in [-0.15, -0.1) is 5.10 Å². The number of carboxylic acid groups (broad SMARTS) is 1. The zero-order chi connectivity index (χ0) is 26.7. The fraction of sp³-hybridized carbons (Fsp3) is 0.320. The SMILES string of the molecule is CC(C)(C#Cc1ccc(NC(=O)CSc2nnnn2-c2cc(C(C)(C)C)ccc2Cl)c(Cl)c1)C(=O)O. The van der Waals surface area contributed by atoms with Gasteiger partial charge in [-0.05, 0) is 65.6 Å². The highest BCUT2D eigenvalue weighted by atomic mass is 35.5. The largest absolute Gasteiger partial charge is 0.480 e. The van der Waals surface area contributed by atoms with Gasteiger partial charge >= 0.3 is 5.97 Å². The van der Waals surface area contributed by atoms with E-state index in [-0.39, 0.29) is 22.1 Å². The van der Waals surface area contributed by atoms with E-state index in [9.17, 15) is 14.7 Å². The van der Waals surface area contributed by atoms with Crippen LogP contribution in [0.15, 0.2) is 41.6 Å². The number of nitrogens with one attached hydrogen (secondary N) is 1. The number of anilines is 1. The number of hydrogen-bond donors (Lipinski definition) is 2. The first-order valence-corrected chi connectivity index (χ1v) is 12.6. The van der Waals surface area contributed by atoms with Gasteiger partial charge in [-0.1, -0.05) is 73.6 Å². The molecule has 0 bridgehead atoms. The molecule has 0 aliphatic carbocycles. The molecule has 188 valence electrons. The summed E-state index contributed by atoms with van der Waals surface area (Å²) in [4.78, 5) is 23.8. The Hall–Kier alpha value is -3.06. The van der Waals surface area contributed by atoms with E-state index in [4.69, 9.17) is 23.2 Å².